The average Bonchev–Trinajstić information content (AvgIpc) is 2.82. The first-order valence-electron chi connectivity index (χ1n) is 9.63. The number of non-ortho nitro benzene ring substituents is 1. The maximum atomic E-state index is 13.1. The first-order valence-corrected chi connectivity index (χ1v) is 11.5. The Labute approximate surface area is 195 Å². The molecule has 0 fully saturated rings. The normalized spacial score (nSPS) is 12.1. The molecule has 1 atom stereocenters. The summed E-state index contributed by atoms with van der Waals surface area (Å²) >= 11 is 5.88. The predicted molar refractivity (Wildman–Crippen MR) is 122 cm³/mol. The number of hydrogen-bond acceptors (Lipinski definition) is 6. The fraction of sp³-hybridized carbons (Fsp3) is 0.136. The van der Waals surface area contributed by atoms with Crippen LogP contribution < -0.4 is 14.8 Å². The van der Waals surface area contributed by atoms with Crippen LogP contribution in [0, 0.1) is 10.1 Å². The Kier molecular flexibility index (Phi) is 7.64. The summed E-state index contributed by atoms with van der Waals surface area (Å²) in [6.45, 7) is 0.155. The van der Waals surface area contributed by atoms with Gasteiger partial charge in [-0.05, 0) is 29.3 Å². The number of rotatable bonds is 9. The molecule has 0 saturated carbocycles. The van der Waals surface area contributed by atoms with E-state index in [9.17, 15) is 23.3 Å². The van der Waals surface area contributed by atoms with Crippen molar-refractivity contribution in [1.29, 1.82) is 0 Å². The number of nitro groups is 1. The zero-order valence-corrected chi connectivity index (χ0v) is 19.0. The second-order valence-corrected chi connectivity index (χ2v) is 9.02. The Morgan fingerprint density at radius 1 is 1.09 bits per heavy atom. The lowest BCUT2D eigenvalue weighted by atomic mass is 10.1. The monoisotopic (exact) mass is 489 g/mol. The lowest BCUT2D eigenvalue weighted by Gasteiger charge is -2.20. The lowest BCUT2D eigenvalue weighted by molar-refractivity contribution is -0.385. The predicted octanol–water partition coefficient (Wildman–Crippen LogP) is 3.59. The van der Waals surface area contributed by atoms with Crippen LogP contribution in [0.5, 0.6) is 5.75 Å². The number of carbonyl (C=O) groups excluding carboxylic acids is 1. The molecule has 0 aliphatic carbocycles. The molecule has 2 N–H and O–H groups in total. The third-order valence-electron chi connectivity index (χ3n) is 4.70. The Balaban J connectivity index is 1.89. The Hall–Kier alpha value is -3.47. The Morgan fingerprint density at radius 3 is 2.36 bits per heavy atom. The number of benzene rings is 3. The molecule has 1 amide bonds. The van der Waals surface area contributed by atoms with Gasteiger partial charge < -0.3 is 10.1 Å². The van der Waals surface area contributed by atoms with Crippen molar-refractivity contribution < 1.29 is 22.9 Å². The highest BCUT2D eigenvalue weighted by atomic mass is 35.5. The molecule has 11 heteroatoms. The van der Waals surface area contributed by atoms with Gasteiger partial charge in [-0.2, -0.15) is 4.72 Å². The molecule has 0 bridgehead atoms. The quantitative estimate of drug-likeness (QED) is 0.349. The van der Waals surface area contributed by atoms with Gasteiger partial charge in [-0.3, -0.25) is 14.9 Å². The molecule has 33 heavy (non-hydrogen) atoms. The van der Waals surface area contributed by atoms with E-state index in [0.717, 1.165) is 23.8 Å². The van der Waals surface area contributed by atoms with E-state index in [1.54, 1.807) is 54.6 Å². The molecule has 3 rings (SSSR count). The van der Waals surface area contributed by atoms with Crippen LogP contribution in [-0.2, 0) is 21.4 Å². The largest absolute Gasteiger partial charge is 0.495 e. The molecule has 3 aromatic carbocycles. The van der Waals surface area contributed by atoms with Gasteiger partial charge in [-0.15, -0.1) is 0 Å². The van der Waals surface area contributed by atoms with Gasteiger partial charge >= 0.3 is 0 Å². The van der Waals surface area contributed by atoms with Crippen LogP contribution >= 0.6 is 11.6 Å². The smallest absolute Gasteiger partial charge is 0.273 e. The third-order valence-corrected chi connectivity index (χ3v) is 6.41. The standard InChI is InChI=1S/C22H20ClN3O6S/c1-32-19-13-18(26(28)29)11-12-20(19)33(30,31)25-21(16-5-3-2-4-6-16)22(27)24-14-15-7-9-17(23)10-8-15/h2-13,21,25H,14H2,1H3,(H,24,27)/t21-/m0/s1. The summed E-state index contributed by atoms with van der Waals surface area (Å²) in [5.74, 6) is -0.800. The summed E-state index contributed by atoms with van der Waals surface area (Å²) in [6.07, 6.45) is 0. The SMILES string of the molecule is COc1cc([N+](=O)[O-])ccc1S(=O)(=O)N[C@H](C(=O)NCc1ccc(Cl)cc1)c1ccccc1. The molecule has 0 aliphatic rings. The van der Waals surface area contributed by atoms with Gasteiger partial charge in [0.15, 0.2) is 0 Å². The van der Waals surface area contributed by atoms with Crippen molar-refractivity contribution in [3.05, 3.63) is 99.1 Å². The number of nitro benzene ring substituents is 1. The molecule has 0 aromatic heterocycles. The summed E-state index contributed by atoms with van der Waals surface area (Å²) < 4.78 is 33.7. The van der Waals surface area contributed by atoms with Gasteiger partial charge in [-0.1, -0.05) is 54.1 Å². The maximum absolute atomic E-state index is 13.1. The number of nitrogens with one attached hydrogen (secondary N) is 2. The van der Waals surface area contributed by atoms with Crippen molar-refractivity contribution in [1.82, 2.24) is 10.0 Å². The van der Waals surface area contributed by atoms with Crippen LogP contribution in [-0.4, -0.2) is 26.4 Å². The van der Waals surface area contributed by atoms with Crippen molar-refractivity contribution in [3.8, 4) is 5.75 Å². The molecule has 0 spiro atoms. The number of ether oxygens (including phenoxy) is 1. The molecule has 0 radical (unpaired) electrons. The topological polar surface area (TPSA) is 128 Å². The van der Waals surface area contributed by atoms with E-state index >= 15 is 0 Å². The average molecular weight is 490 g/mol. The minimum absolute atomic E-state index is 0.155. The maximum Gasteiger partial charge on any atom is 0.273 e. The van der Waals surface area contributed by atoms with E-state index < -0.39 is 26.9 Å². The number of amides is 1. The highest BCUT2D eigenvalue weighted by Crippen LogP contribution is 2.29. The number of nitrogens with zero attached hydrogens (tertiary/aromatic N) is 1. The highest BCUT2D eigenvalue weighted by Gasteiger charge is 2.30. The fourth-order valence-corrected chi connectivity index (χ4v) is 4.48. The van der Waals surface area contributed by atoms with Crippen LogP contribution in [0.1, 0.15) is 17.2 Å². The summed E-state index contributed by atoms with van der Waals surface area (Å²) in [7, 11) is -3.10. The Bertz CT molecular complexity index is 1250. The minimum atomic E-state index is -4.30. The lowest BCUT2D eigenvalue weighted by Crippen LogP contribution is -2.40. The summed E-state index contributed by atoms with van der Waals surface area (Å²) in [5, 5.41) is 14.3. The molecule has 3 aromatic rings. The molecule has 9 nitrogen and oxygen atoms in total. The van der Waals surface area contributed by atoms with Crippen LogP contribution in [0.3, 0.4) is 0 Å². The van der Waals surface area contributed by atoms with E-state index in [4.69, 9.17) is 16.3 Å². The summed E-state index contributed by atoms with van der Waals surface area (Å²) in [4.78, 5) is 23.0. The van der Waals surface area contributed by atoms with Gasteiger partial charge in [0.25, 0.3) is 5.69 Å². The van der Waals surface area contributed by atoms with Crippen LogP contribution in [0.15, 0.2) is 77.7 Å². The number of sulfonamides is 1. The number of methoxy groups -OCH3 is 1. The van der Waals surface area contributed by atoms with Gasteiger partial charge in [-0.25, -0.2) is 8.42 Å². The zero-order valence-electron chi connectivity index (χ0n) is 17.4. The molecule has 0 aliphatic heterocycles. The third kappa shape index (κ3) is 6.07. The second kappa shape index (κ2) is 10.4. The first-order chi connectivity index (χ1) is 15.7. The van der Waals surface area contributed by atoms with Crippen molar-refractivity contribution >= 4 is 33.2 Å². The van der Waals surface area contributed by atoms with Crippen molar-refractivity contribution in [2.24, 2.45) is 0 Å². The number of halogens is 1. The van der Waals surface area contributed by atoms with Crippen LogP contribution in [0.2, 0.25) is 5.02 Å². The van der Waals surface area contributed by atoms with Crippen LogP contribution in [0.25, 0.3) is 0 Å². The summed E-state index contributed by atoms with van der Waals surface area (Å²) in [6, 6.07) is 17.0. The Morgan fingerprint density at radius 2 is 1.76 bits per heavy atom. The van der Waals surface area contributed by atoms with Gasteiger partial charge in [0.05, 0.1) is 18.1 Å². The van der Waals surface area contributed by atoms with Crippen LogP contribution in [0.4, 0.5) is 5.69 Å². The highest BCUT2D eigenvalue weighted by molar-refractivity contribution is 7.89. The van der Waals surface area contributed by atoms with E-state index in [1.807, 2.05) is 0 Å². The van der Waals surface area contributed by atoms with E-state index in [0.29, 0.717) is 10.6 Å². The zero-order chi connectivity index (χ0) is 24.0. The molecular weight excluding hydrogens is 470 g/mol. The molecule has 0 unspecified atom stereocenters. The minimum Gasteiger partial charge on any atom is -0.495 e. The first kappa shape index (κ1) is 24.2. The molecular formula is C22H20ClN3O6S. The van der Waals surface area contributed by atoms with Gasteiger partial charge in [0.1, 0.15) is 16.7 Å². The van der Waals surface area contributed by atoms with Gasteiger partial charge in [0, 0.05) is 17.6 Å². The summed E-state index contributed by atoms with van der Waals surface area (Å²) in [5.41, 5.74) is 0.862. The van der Waals surface area contributed by atoms with E-state index in [-0.39, 0.29) is 22.9 Å². The molecule has 0 heterocycles. The fourth-order valence-electron chi connectivity index (χ4n) is 3.02. The number of carbonyl (C=O) groups is 1. The van der Waals surface area contributed by atoms with Gasteiger partial charge in [0.2, 0.25) is 15.9 Å². The second-order valence-electron chi connectivity index (χ2n) is 6.90. The molecule has 0 saturated heterocycles. The molecule has 172 valence electrons. The van der Waals surface area contributed by atoms with Crippen molar-refractivity contribution in [2.75, 3.05) is 7.11 Å². The van der Waals surface area contributed by atoms with Crippen molar-refractivity contribution in [2.45, 2.75) is 17.5 Å². The van der Waals surface area contributed by atoms with Crippen molar-refractivity contribution in [3.63, 3.8) is 0 Å². The van der Waals surface area contributed by atoms with E-state index in [2.05, 4.69) is 10.0 Å². The number of hydrogen-bond donors (Lipinski definition) is 2. The van der Waals surface area contributed by atoms with E-state index in [1.165, 1.54) is 7.11 Å².